The van der Waals surface area contributed by atoms with E-state index in [0.717, 1.165) is 57.5 Å². The second-order valence-electron chi connectivity index (χ2n) is 9.43. The first-order valence-corrected chi connectivity index (χ1v) is 11.1. The van der Waals surface area contributed by atoms with Gasteiger partial charge in [0.2, 0.25) is 0 Å². The average Bonchev–Trinajstić information content (AvgIpc) is 3.31. The minimum Gasteiger partial charge on any atom is -0.507 e. The number of ether oxygens (including phenoxy) is 2. The molecule has 2 unspecified atom stereocenters. The largest absolute Gasteiger partial charge is 0.519 e. The van der Waals surface area contributed by atoms with Crippen LogP contribution in [0, 0.1) is 6.92 Å². The summed E-state index contributed by atoms with van der Waals surface area (Å²) in [4.78, 5) is 12.9. The van der Waals surface area contributed by atoms with Gasteiger partial charge in [-0.15, -0.1) is 0 Å². The van der Waals surface area contributed by atoms with Gasteiger partial charge in [0, 0.05) is 21.9 Å². The minimum atomic E-state index is -0.759. The van der Waals surface area contributed by atoms with Gasteiger partial charge in [-0.25, -0.2) is 4.79 Å². The molecule has 4 nitrogen and oxygen atoms in total. The molecule has 0 radical (unpaired) electrons. The summed E-state index contributed by atoms with van der Waals surface area (Å²) in [7, 11) is 0. The molecule has 0 aliphatic heterocycles. The summed E-state index contributed by atoms with van der Waals surface area (Å²) in [6.07, 6.45) is 2.29. The third-order valence-corrected chi connectivity index (χ3v) is 7.37. The number of fused-ring (bicyclic) bond motifs is 7. The Bertz CT molecular complexity index is 1420. The number of hydrogen-bond acceptors (Lipinski definition) is 4. The third kappa shape index (κ3) is 2.72. The normalized spacial score (nSPS) is 21.1. The number of phenolic OH excluding ortho intramolecular Hbond substituents is 1. The molecular weight excluding hydrogens is 400 g/mol. The minimum absolute atomic E-state index is 0.0810. The van der Waals surface area contributed by atoms with Gasteiger partial charge in [0.1, 0.15) is 17.2 Å². The fourth-order valence-electron chi connectivity index (χ4n) is 5.93. The molecule has 0 aromatic heterocycles. The van der Waals surface area contributed by atoms with Gasteiger partial charge in [-0.1, -0.05) is 55.5 Å². The maximum atomic E-state index is 12.9. The lowest BCUT2D eigenvalue weighted by atomic mass is 9.78. The summed E-state index contributed by atoms with van der Waals surface area (Å²) in [5.41, 5.74) is 2.80. The number of phenols is 1. The van der Waals surface area contributed by atoms with Gasteiger partial charge < -0.3 is 14.6 Å². The summed E-state index contributed by atoms with van der Waals surface area (Å²) in [5, 5.41) is 14.8. The molecule has 2 bridgehead atoms. The highest BCUT2D eigenvalue weighted by molar-refractivity contribution is 6.00. The van der Waals surface area contributed by atoms with Crippen LogP contribution < -0.4 is 9.47 Å². The van der Waals surface area contributed by atoms with Crippen LogP contribution in [0.5, 0.6) is 17.2 Å². The van der Waals surface area contributed by atoms with Crippen LogP contribution in [0.3, 0.4) is 0 Å². The Hall–Kier alpha value is -3.53. The van der Waals surface area contributed by atoms with E-state index in [2.05, 4.69) is 6.92 Å². The van der Waals surface area contributed by atoms with E-state index >= 15 is 0 Å². The van der Waals surface area contributed by atoms with Crippen molar-refractivity contribution in [1.82, 2.24) is 0 Å². The lowest BCUT2D eigenvalue weighted by molar-refractivity contribution is 0.152. The quantitative estimate of drug-likeness (QED) is 0.275. The van der Waals surface area contributed by atoms with Crippen molar-refractivity contribution in [1.29, 1.82) is 0 Å². The van der Waals surface area contributed by atoms with Crippen LogP contribution >= 0.6 is 0 Å². The van der Waals surface area contributed by atoms with Crippen molar-refractivity contribution < 1.29 is 19.4 Å². The second kappa shape index (κ2) is 6.73. The fraction of sp³-hybridized carbons (Fsp3) is 0.250. The Morgan fingerprint density at radius 2 is 1.84 bits per heavy atom. The van der Waals surface area contributed by atoms with Crippen molar-refractivity contribution in [2.45, 2.75) is 44.4 Å². The Morgan fingerprint density at radius 3 is 2.69 bits per heavy atom. The second-order valence-corrected chi connectivity index (χ2v) is 9.43. The molecule has 2 aliphatic rings. The molecule has 32 heavy (non-hydrogen) atoms. The molecule has 1 N–H and O–H groups in total. The van der Waals surface area contributed by atoms with E-state index in [1.165, 1.54) is 0 Å². The number of hydrogen-bond donors (Lipinski definition) is 1. The van der Waals surface area contributed by atoms with Crippen molar-refractivity contribution in [2.75, 3.05) is 0 Å². The topological polar surface area (TPSA) is 55.8 Å². The number of rotatable bonds is 2. The van der Waals surface area contributed by atoms with E-state index in [0.29, 0.717) is 17.2 Å². The molecule has 4 heteroatoms. The highest BCUT2D eigenvalue weighted by Crippen LogP contribution is 2.63. The molecule has 4 aromatic rings. The number of benzene rings is 4. The van der Waals surface area contributed by atoms with Crippen LogP contribution in [0.1, 0.15) is 48.8 Å². The number of carbonyl (C=O) groups excluding carboxylic acids is 1. The van der Waals surface area contributed by atoms with Crippen molar-refractivity contribution in [3.05, 3.63) is 77.4 Å². The molecule has 2 aliphatic carbocycles. The molecule has 0 amide bonds. The average molecular weight is 424 g/mol. The molecule has 0 heterocycles. The zero-order valence-corrected chi connectivity index (χ0v) is 18.1. The lowest BCUT2D eigenvalue weighted by Crippen LogP contribution is -2.19. The monoisotopic (exact) mass is 424 g/mol. The number of aryl methyl sites for hydroxylation is 1. The molecule has 6 rings (SSSR count). The Kier molecular flexibility index (Phi) is 4.03. The summed E-state index contributed by atoms with van der Waals surface area (Å²) in [5.74, 6) is 1.61. The van der Waals surface area contributed by atoms with Gasteiger partial charge in [-0.05, 0) is 66.0 Å². The summed E-state index contributed by atoms with van der Waals surface area (Å²) >= 11 is 0. The summed E-state index contributed by atoms with van der Waals surface area (Å²) in [6.45, 7) is 4.18. The SMILES string of the molecule is Cc1cccc2c(O)c3c(c(OC(=O)Oc4ccc5ccccc5c4)c12)C1CCC3(C)C1. The predicted molar refractivity (Wildman–Crippen MR) is 125 cm³/mol. The zero-order valence-electron chi connectivity index (χ0n) is 18.1. The maximum Gasteiger partial charge on any atom is 0.519 e. The van der Waals surface area contributed by atoms with Crippen LogP contribution in [-0.2, 0) is 5.41 Å². The first-order valence-electron chi connectivity index (χ1n) is 11.1. The number of carbonyl (C=O) groups is 1. The van der Waals surface area contributed by atoms with Gasteiger partial charge in [-0.3, -0.25) is 0 Å². The molecule has 1 fully saturated rings. The smallest absolute Gasteiger partial charge is 0.507 e. The van der Waals surface area contributed by atoms with E-state index < -0.39 is 6.16 Å². The van der Waals surface area contributed by atoms with Crippen molar-refractivity contribution in [3.8, 4) is 17.2 Å². The van der Waals surface area contributed by atoms with Gasteiger partial charge in [0.25, 0.3) is 0 Å². The van der Waals surface area contributed by atoms with Crippen LogP contribution in [-0.4, -0.2) is 11.3 Å². The van der Waals surface area contributed by atoms with E-state index in [1.54, 1.807) is 6.07 Å². The van der Waals surface area contributed by atoms with E-state index in [9.17, 15) is 9.90 Å². The summed E-state index contributed by atoms with van der Waals surface area (Å²) in [6, 6.07) is 19.3. The predicted octanol–water partition coefficient (Wildman–Crippen LogP) is 7.12. The van der Waals surface area contributed by atoms with Crippen LogP contribution in [0.4, 0.5) is 4.79 Å². The molecular formula is C28H24O4. The standard InChI is InChI=1S/C28H24O4/c1-16-6-5-9-21-22(16)26(23-19-12-13-28(2,15-19)24(23)25(21)29)32-27(30)31-20-11-10-17-7-3-4-8-18(17)14-20/h3-11,14,19,29H,12-13,15H2,1-2H3. The van der Waals surface area contributed by atoms with Gasteiger partial charge in [0.15, 0.2) is 0 Å². The van der Waals surface area contributed by atoms with Crippen LogP contribution in [0.15, 0.2) is 60.7 Å². The van der Waals surface area contributed by atoms with E-state index in [4.69, 9.17) is 9.47 Å². The third-order valence-electron chi connectivity index (χ3n) is 7.37. The van der Waals surface area contributed by atoms with Crippen molar-refractivity contribution in [2.24, 2.45) is 0 Å². The lowest BCUT2D eigenvalue weighted by Gasteiger charge is -2.28. The first kappa shape index (κ1) is 19.2. The Labute approximate surface area is 186 Å². The Morgan fingerprint density at radius 1 is 1.03 bits per heavy atom. The molecule has 1 saturated carbocycles. The van der Waals surface area contributed by atoms with Crippen molar-refractivity contribution >= 4 is 27.7 Å². The van der Waals surface area contributed by atoms with Crippen molar-refractivity contribution in [3.63, 3.8) is 0 Å². The van der Waals surface area contributed by atoms with E-state index in [-0.39, 0.29) is 11.3 Å². The molecule has 4 aromatic carbocycles. The fourth-order valence-corrected chi connectivity index (χ4v) is 5.93. The van der Waals surface area contributed by atoms with Gasteiger partial charge >= 0.3 is 6.16 Å². The summed E-state index contributed by atoms with van der Waals surface area (Å²) < 4.78 is 11.5. The van der Waals surface area contributed by atoms with Gasteiger partial charge in [0.05, 0.1) is 0 Å². The van der Waals surface area contributed by atoms with Gasteiger partial charge in [-0.2, -0.15) is 0 Å². The van der Waals surface area contributed by atoms with E-state index in [1.807, 2.05) is 61.5 Å². The molecule has 0 saturated heterocycles. The first-order chi connectivity index (χ1) is 15.4. The molecule has 160 valence electrons. The zero-order chi connectivity index (χ0) is 22.0. The molecule has 2 atom stereocenters. The highest BCUT2D eigenvalue weighted by atomic mass is 16.7. The van der Waals surface area contributed by atoms with Crippen LogP contribution in [0.25, 0.3) is 21.5 Å². The van der Waals surface area contributed by atoms with Crippen LogP contribution in [0.2, 0.25) is 0 Å². The maximum absolute atomic E-state index is 12.9. The molecule has 0 spiro atoms. The Balaban J connectivity index is 1.44. The highest BCUT2D eigenvalue weighted by Gasteiger charge is 2.50. The number of aromatic hydroxyl groups is 1.